The molecule has 2 rings (SSSR count). The molecule has 1 fully saturated rings. The molecule has 5 nitrogen and oxygen atoms in total. The lowest BCUT2D eigenvalue weighted by atomic mass is 10.1. The second kappa shape index (κ2) is 6.17. The van der Waals surface area contributed by atoms with Crippen molar-refractivity contribution in [2.24, 2.45) is 5.73 Å². The Morgan fingerprint density at radius 3 is 2.90 bits per heavy atom. The van der Waals surface area contributed by atoms with E-state index < -0.39 is 15.8 Å². The molecule has 0 radical (unpaired) electrons. The Labute approximate surface area is 118 Å². The van der Waals surface area contributed by atoms with Crippen LogP contribution < -0.4 is 10.5 Å². The molecule has 1 aromatic rings. The van der Waals surface area contributed by atoms with Crippen molar-refractivity contribution in [2.45, 2.75) is 43.4 Å². The van der Waals surface area contributed by atoms with Crippen LogP contribution in [0.25, 0.3) is 0 Å². The third-order valence-corrected chi connectivity index (χ3v) is 4.98. The number of nitrogens with two attached hydrogens (primary N) is 1. The maximum absolute atomic E-state index is 13.6. The minimum absolute atomic E-state index is 0.0120. The van der Waals surface area contributed by atoms with Crippen LogP contribution >= 0.6 is 0 Å². The van der Waals surface area contributed by atoms with Crippen molar-refractivity contribution in [3.63, 3.8) is 0 Å². The van der Waals surface area contributed by atoms with Crippen molar-refractivity contribution < 1.29 is 17.5 Å². The fourth-order valence-electron chi connectivity index (χ4n) is 2.38. The number of halogens is 1. The first kappa shape index (κ1) is 15.4. The Kier molecular flexibility index (Phi) is 4.74. The van der Waals surface area contributed by atoms with Crippen LogP contribution in [-0.4, -0.2) is 27.2 Å². The Bertz CT molecular complexity index is 577. The summed E-state index contributed by atoms with van der Waals surface area (Å²) in [4.78, 5) is -0.0841. The van der Waals surface area contributed by atoms with E-state index in [1.54, 1.807) is 0 Å². The summed E-state index contributed by atoms with van der Waals surface area (Å²) >= 11 is 0. The van der Waals surface area contributed by atoms with Gasteiger partial charge in [-0.15, -0.1) is 0 Å². The van der Waals surface area contributed by atoms with E-state index in [4.69, 9.17) is 10.5 Å². The smallest absolute Gasteiger partial charge is 0.241 e. The van der Waals surface area contributed by atoms with Gasteiger partial charge in [-0.2, -0.15) is 0 Å². The number of sulfonamides is 1. The van der Waals surface area contributed by atoms with Gasteiger partial charge < -0.3 is 10.5 Å². The van der Waals surface area contributed by atoms with E-state index >= 15 is 0 Å². The number of hydrogen-bond acceptors (Lipinski definition) is 4. The van der Waals surface area contributed by atoms with Gasteiger partial charge in [0.15, 0.2) is 0 Å². The van der Waals surface area contributed by atoms with Gasteiger partial charge in [0.05, 0.1) is 11.0 Å². The molecule has 2 unspecified atom stereocenters. The standard InChI is InChI=1S/C13H19FN2O3S/c1-9-7-10(5-6-19-9)16-20(17,18)13-4-2-3-12(14)11(13)8-15/h2-4,9-10,16H,5-8,15H2,1H3. The summed E-state index contributed by atoms with van der Waals surface area (Å²) in [6, 6.07) is 3.75. The van der Waals surface area contributed by atoms with Crippen molar-refractivity contribution in [3.8, 4) is 0 Å². The molecule has 1 heterocycles. The number of ether oxygens (including phenoxy) is 1. The molecule has 2 atom stereocenters. The first-order valence-corrected chi connectivity index (χ1v) is 8.03. The van der Waals surface area contributed by atoms with Crippen molar-refractivity contribution in [2.75, 3.05) is 6.61 Å². The zero-order valence-corrected chi connectivity index (χ0v) is 12.1. The molecule has 112 valence electrons. The SMILES string of the molecule is CC1CC(NS(=O)(=O)c2cccc(F)c2CN)CCO1. The van der Waals surface area contributed by atoms with E-state index in [-0.39, 0.29) is 29.1 Å². The normalized spacial score (nSPS) is 23.8. The van der Waals surface area contributed by atoms with E-state index in [1.807, 2.05) is 6.92 Å². The first-order valence-electron chi connectivity index (χ1n) is 6.55. The Balaban J connectivity index is 2.24. The molecule has 20 heavy (non-hydrogen) atoms. The highest BCUT2D eigenvalue weighted by Gasteiger charge is 2.27. The predicted octanol–water partition coefficient (Wildman–Crippen LogP) is 1.13. The van der Waals surface area contributed by atoms with Crippen molar-refractivity contribution in [1.82, 2.24) is 4.72 Å². The fraction of sp³-hybridized carbons (Fsp3) is 0.538. The summed E-state index contributed by atoms with van der Waals surface area (Å²) in [7, 11) is -3.77. The van der Waals surface area contributed by atoms with E-state index in [2.05, 4.69) is 4.72 Å². The third-order valence-electron chi connectivity index (χ3n) is 3.38. The van der Waals surface area contributed by atoms with Gasteiger partial charge in [-0.1, -0.05) is 6.07 Å². The summed E-state index contributed by atoms with van der Waals surface area (Å²) in [5.74, 6) is -0.601. The van der Waals surface area contributed by atoms with Crippen LogP contribution in [-0.2, 0) is 21.3 Å². The monoisotopic (exact) mass is 302 g/mol. The molecule has 3 N–H and O–H groups in total. The van der Waals surface area contributed by atoms with Gasteiger partial charge in [0.2, 0.25) is 10.0 Å². The Morgan fingerprint density at radius 2 is 2.25 bits per heavy atom. The maximum Gasteiger partial charge on any atom is 0.241 e. The lowest BCUT2D eigenvalue weighted by molar-refractivity contribution is 0.0173. The number of rotatable bonds is 4. The molecular formula is C13H19FN2O3S. The Hall–Kier alpha value is -1.02. The lowest BCUT2D eigenvalue weighted by Crippen LogP contribution is -2.41. The lowest BCUT2D eigenvalue weighted by Gasteiger charge is -2.28. The highest BCUT2D eigenvalue weighted by molar-refractivity contribution is 7.89. The Morgan fingerprint density at radius 1 is 1.50 bits per heavy atom. The summed E-state index contributed by atoms with van der Waals surface area (Å²) in [6.07, 6.45) is 1.22. The number of benzene rings is 1. The van der Waals surface area contributed by atoms with Crippen LogP contribution in [0.15, 0.2) is 23.1 Å². The van der Waals surface area contributed by atoms with E-state index in [1.165, 1.54) is 18.2 Å². The van der Waals surface area contributed by atoms with Gasteiger partial charge in [-0.3, -0.25) is 0 Å². The molecule has 1 aliphatic rings. The van der Waals surface area contributed by atoms with E-state index in [9.17, 15) is 12.8 Å². The molecule has 0 saturated carbocycles. The zero-order chi connectivity index (χ0) is 14.8. The maximum atomic E-state index is 13.6. The quantitative estimate of drug-likeness (QED) is 0.873. The molecule has 0 spiro atoms. The van der Waals surface area contributed by atoms with Crippen LogP contribution in [0.4, 0.5) is 4.39 Å². The fourth-order valence-corrected chi connectivity index (χ4v) is 3.92. The molecule has 0 bridgehead atoms. The van der Waals surface area contributed by atoms with E-state index in [0.717, 1.165) is 0 Å². The molecule has 0 amide bonds. The molecule has 0 aliphatic carbocycles. The van der Waals surface area contributed by atoms with Crippen molar-refractivity contribution in [1.29, 1.82) is 0 Å². The summed E-state index contributed by atoms with van der Waals surface area (Å²) in [5, 5.41) is 0. The molecule has 1 aliphatic heterocycles. The van der Waals surface area contributed by atoms with E-state index in [0.29, 0.717) is 19.4 Å². The summed E-state index contributed by atoms with van der Waals surface area (Å²) in [6.45, 7) is 2.25. The van der Waals surface area contributed by atoms with Crippen LogP contribution in [0.3, 0.4) is 0 Å². The molecule has 1 saturated heterocycles. The topological polar surface area (TPSA) is 81.4 Å². The number of hydrogen-bond donors (Lipinski definition) is 2. The number of nitrogens with one attached hydrogen (secondary N) is 1. The van der Waals surface area contributed by atoms with Gasteiger partial charge in [0.25, 0.3) is 0 Å². The summed E-state index contributed by atoms with van der Waals surface area (Å²) < 4.78 is 46.4. The minimum atomic E-state index is -3.77. The second-order valence-electron chi connectivity index (χ2n) is 4.94. The van der Waals surface area contributed by atoms with Gasteiger partial charge in [0, 0.05) is 24.8 Å². The van der Waals surface area contributed by atoms with Gasteiger partial charge >= 0.3 is 0 Å². The third kappa shape index (κ3) is 3.35. The van der Waals surface area contributed by atoms with Gasteiger partial charge in [-0.25, -0.2) is 17.5 Å². The van der Waals surface area contributed by atoms with Crippen molar-refractivity contribution in [3.05, 3.63) is 29.6 Å². The predicted molar refractivity (Wildman–Crippen MR) is 73.0 cm³/mol. The molecule has 0 aromatic heterocycles. The second-order valence-corrected chi connectivity index (χ2v) is 6.63. The van der Waals surface area contributed by atoms with Gasteiger partial charge in [-0.05, 0) is 31.9 Å². The largest absolute Gasteiger partial charge is 0.378 e. The van der Waals surface area contributed by atoms with Crippen LogP contribution in [0.1, 0.15) is 25.3 Å². The first-order chi connectivity index (χ1) is 9.44. The minimum Gasteiger partial charge on any atom is -0.378 e. The van der Waals surface area contributed by atoms with Crippen LogP contribution in [0.2, 0.25) is 0 Å². The zero-order valence-electron chi connectivity index (χ0n) is 11.3. The molecular weight excluding hydrogens is 283 g/mol. The van der Waals surface area contributed by atoms with Gasteiger partial charge in [0.1, 0.15) is 5.82 Å². The van der Waals surface area contributed by atoms with Crippen LogP contribution in [0, 0.1) is 5.82 Å². The average Bonchev–Trinajstić information content (AvgIpc) is 2.38. The highest BCUT2D eigenvalue weighted by Crippen LogP contribution is 2.21. The molecule has 7 heteroatoms. The molecule has 1 aromatic carbocycles. The van der Waals surface area contributed by atoms with Crippen LogP contribution in [0.5, 0.6) is 0 Å². The highest BCUT2D eigenvalue weighted by atomic mass is 32.2. The van der Waals surface area contributed by atoms with Crippen molar-refractivity contribution >= 4 is 10.0 Å². The average molecular weight is 302 g/mol. The summed E-state index contributed by atoms with van der Waals surface area (Å²) in [5.41, 5.74) is 5.47.